The molecule has 132 valence electrons. The molecule has 1 atom stereocenters. The SMILES string of the molecule is C[C@H]1CC(=O)N(C)C(=N)N1c1ccc2c(cnn2CC2CCCC2)c1. The lowest BCUT2D eigenvalue weighted by molar-refractivity contribution is -0.127. The molecule has 6 nitrogen and oxygen atoms in total. The molecule has 1 aromatic heterocycles. The van der Waals surface area contributed by atoms with Crippen LogP contribution in [0.15, 0.2) is 24.4 Å². The molecule has 2 aromatic rings. The number of carbonyl (C=O) groups excluding carboxylic acids is 1. The number of hydrogen-bond donors (Lipinski definition) is 1. The van der Waals surface area contributed by atoms with Crippen molar-refractivity contribution in [3.05, 3.63) is 24.4 Å². The smallest absolute Gasteiger partial charge is 0.231 e. The van der Waals surface area contributed by atoms with Crippen molar-refractivity contribution >= 4 is 28.5 Å². The highest BCUT2D eigenvalue weighted by molar-refractivity contribution is 6.07. The van der Waals surface area contributed by atoms with E-state index in [1.807, 2.05) is 24.1 Å². The Bertz CT molecular complexity index is 820. The summed E-state index contributed by atoms with van der Waals surface area (Å²) in [7, 11) is 1.67. The molecule has 1 aromatic carbocycles. The number of nitrogens with one attached hydrogen (secondary N) is 1. The van der Waals surface area contributed by atoms with Gasteiger partial charge in [-0.2, -0.15) is 5.10 Å². The maximum atomic E-state index is 11.9. The van der Waals surface area contributed by atoms with Gasteiger partial charge in [0.25, 0.3) is 0 Å². The quantitative estimate of drug-likeness (QED) is 0.934. The van der Waals surface area contributed by atoms with Crippen LogP contribution in [0.4, 0.5) is 5.69 Å². The highest BCUT2D eigenvalue weighted by Gasteiger charge is 2.32. The van der Waals surface area contributed by atoms with E-state index in [1.54, 1.807) is 7.05 Å². The molecule has 0 unspecified atom stereocenters. The van der Waals surface area contributed by atoms with E-state index in [0.717, 1.165) is 29.1 Å². The summed E-state index contributed by atoms with van der Waals surface area (Å²) < 4.78 is 2.12. The molecule has 2 aliphatic rings. The second-order valence-electron chi connectivity index (χ2n) is 7.42. The second-order valence-corrected chi connectivity index (χ2v) is 7.42. The van der Waals surface area contributed by atoms with Gasteiger partial charge in [0.15, 0.2) is 0 Å². The number of rotatable bonds is 3. The second kappa shape index (κ2) is 6.17. The van der Waals surface area contributed by atoms with E-state index in [9.17, 15) is 4.79 Å². The van der Waals surface area contributed by atoms with Gasteiger partial charge in [-0.25, -0.2) is 0 Å². The summed E-state index contributed by atoms with van der Waals surface area (Å²) >= 11 is 0. The van der Waals surface area contributed by atoms with Gasteiger partial charge >= 0.3 is 0 Å². The van der Waals surface area contributed by atoms with Gasteiger partial charge in [-0.3, -0.25) is 19.8 Å². The maximum absolute atomic E-state index is 11.9. The summed E-state index contributed by atoms with van der Waals surface area (Å²) in [6, 6.07) is 6.22. The van der Waals surface area contributed by atoms with E-state index in [2.05, 4.69) is 21.9 Å². The first-order chi connectivity index (χ1) is 12.0. The molecule has 1 N–H and O–H groups in total. The van der Waals surface area contributed by atoms with Gasteiger partial charge in [-0.05, 0) is 43.9 Å². The molecule has 0 radical (unpaired) electrons. The maximum Gasteiger partial charge on any atom is 0.231 e. The molecular weight excluding hydrogens is 314 g/mol. The molecule has 4 rings (SSSR count). The monoisotopic (exact) mass is 339 g/mol. The van der Waals surface area contributed by atoms with Crippen LogP contribution in [0.2, 0.25) is 0 Å². The van der Waals surface area contributed by atoms with Gasteiger partial charge in [0.1, 0.15) is 0 Å². The summed E-state index contributed by atoms with van der Waals surface area (Å²) in [6.45, 7) is 2.99. The summed E-state index contributed by atoms with van der Waals surface area (Å²) in [5.41, 5.74) is 2.10. The van der Waals surface area contributed by atoms with Gasteiger partial charge < -0.3 is 4.90 Å². The molecule has 0 spiro atoms. The van der Waals surface area contributed by atoms with Crippen molar-refractivity contribution < 1.29 is 4.79 Å². The van der Waals surface area contributed by atoms with E-state index in [1.165, 1.54) is 30.6 Å². The van der Waals surface area contributed by atoms with Crippen LogP contribution in [0, 0.1) is 11.3 Å². The van der Waals surface area contributed by atoms with Crippen LogP contribution in [0.1, 0.15) is 39.0 Å². The molecule has 25 heavy (non-hydrogen) atoms. The highest BCUT2D eigenvalue weighted by atomic mass is 16.2. The van der Waals surface area contributed by atoms with Gasteiger partial charge in [0.2, 0.25) is 11.9 Å². The number of amides is 1. The molecule has 2 fully saturated rings. The van der Waals surface area contributed by atoms with Crippen LogP contribution in [-0.2, 0) is 11.3 Å². The predicted molar refractivity (Wildman–Crippen MR) is 98.7 cm³/mol. The fourth-order valence-electron chi connectivity index (χ4n) is 4.15. The molecule has 0 bridgehead atoms. The third-order valence-electron chi connectivity index (χ3n) is 5.64. The van der Waals surface area contributed by atoms with Gasteiger partial charge in [-0.15, -0.1) is 0 Å². The fourth-order valence-corrected chi connectivity index (χ4v) is 4.15. The minimum absolute atomic E-state index is 0.000730. The first-order valence-corrected chi connectivity index (χ1v) is 9.14. The van der Waals surface area contributed by atoms with Crippen molar-refractivity contribution in [2.45, 2.75) is 51.6 Å². The van der Waals surface area contributed by atoms with Crippen LogP contribution < -0.4 is 4.90 Å². The van der Waals surface area contributed by atoms with Gasteiger partial charge in [0, 0.05) is 37.1 Å². The third-order valence-corrected chi connectivity index (χ3v) is 5.64. The number of anilines is 1. The minimum Gasteiger partial charge on any atom is -0.309 e. The molecule has 1 amide bonds. The topological polar surface area (TPSA) is 65.2 Å². The number of nitrogens with zero attached hydrogens (tertiary/aromatic N) is 4. The van der Waals surface area contributed by atoms with E-state index in [4.69, 9.17) is 5.41 Å². The Morgan fingerprint density at radius 2 is 2.04 bits per heavy atom. The molecule has 1 saturated heterocycles. The number of fused-ring (bicyclic) bond motifs is 1. The largest absolute Gasteiger partial charge is 0.309 e. The lowest BCUT2D eigenvalue weighted by Gasteiger charge is -2.39. The highest BCUT2D eigenvalue weighted by Crippen LogP contribution is 2.30. The van der Waals surface area contributed by atoms with E-state index in [0.29, 0.717) is 6.42 Å². The molecule has 1 aliphatic heterocycles. The van der Waals surface area contributed by atoms with E-state index in [-0.39, 0.29) is 17.9 Å². The molecule has 6 heteroatoms. The molecular formula is C19H25N5O. The Morgan fingerprint density at radius 1 is 1.28 bits per heavy atom. The third kappa shape index (κ3) is 2.79. The van der Waals surface area contributed by atoms with Crippen LogP contribution in [0.3, 0.4) is 0 Å². The average Bonchev–Trinajstić information content (AvgIpc) is 3.23. The average molecular weight is 339 g/mol. The van der Waals surface area contributed by atoms with Gasteiger partial charge in [-0.1, -0.05) is 12.8 Å². The van der Waals surface area contributed by atoms with Crippen molar-refractivity contribution in [3.8, 4) is 0 Å². The van der Waals surface area contributed by atoms with Crippen molar-refractivity contribution in [2.24, 2.45) is 5.92 Å². The number of guanidine groups is 1. The number of aromatic nitrogens is 2. The van der Waals surface area contributed by atoms with E-state index >= 15 is 0 Å². The first kappa shape index (κ1) is 16.1. The normalized spacial score (nSPS) is 22.4. The zero-order valence-corrected chi connectivity index (χ0v) is 14.9. The Labute approximate surface area is 147 Å². The number of hydrogen-bond acceptors (Lipinski definition) is 3. The minimum atomic E-state index is -0.0119. The van der Waals surface area contributed by atoms with Crippen LogP contribution in [0.25, 0.3) is 10.9 Å². The Morgan fingerprint density at radius 3 is 2.80 bits per heavy atom. The molecule has 2 heterocycles. The summed E-state index contributed by atoms with van der Waals surface area (Å²) in [4.78, 5) is 15.3. The first-order valence-electron chi connectivity index (χ1n) is 9.14. The van der Waals surface area contributed by atoms with Crippen molar-refractivity contribution in [3.63, 3.8) is 0 Å². The zero-order chi connectivity index (χ0) is 17.6. The standard InChI is InChI=1S/C19H25N5O/c1-13-9-18(25)22(2)19(20)24(13)16-7-8-17-15(10-16)11-21-23(17)12-14-5-3-4-6-14/h7-8,10-11,13-14,20H,3-6,9,12H2,1-2H3/t13-/m0/s1. The van der Waals surface area contributed by atoms with Crippen molar-refractivity contribution in [1.82, 2.24) is 14.7 Å². The molecule has 1 saturated carbocycles. The van der Waals surface area contributed by atoms with Crippen LogP contribution in [-0.4, -0.2) is 39.6 Å². The summed E-state index contributed by atoms with van der Waals surface area (Å²) in [5.74, 6) is 0.985. The number of benzene rings is 1. The Hall–Kier alpha value is -2.37. The zero-order valence-electron chi connectivity index (χ0n) is 14.9. The lowest BCUT2D eigenvalue weighted by atomic mass is 10.1. The number of carbonyl (C=O) groups is 1. The van der Waals surface area contributed by atoms with Crippen molar-refractivity contribution in [2.75, 3.05) is 11.9 Å². The summed E-state index contributed by atoms with van der Waals surface area (Å²) in [5, 5.41) is 14.0. The summed E-state index contributed by atoms with van der Waals surface area (Å²) in [6.07, 6.45) is 7.65. The predicted octanol–water partition coefficient (Wildman–Crippen LogP) is 3.22. The Balaban J connectivity index is 1.63. The molecule has 1 aliphatic carbocycles. The van der Waals surface area contributed by atoms with Gasteiger partial charge in [0.05, 0.1) is 11.7 Å². The lowest BCUT2D eigenvalue weighted by Crippen LogP contribution is -2.55. The van der Waals surface area contributed by atoms with Crippen molar-refractivity contribution in [1.29, 1.82) is 5.41 Å². The van der Waals surface area contributed by atoms with E-state index < -0.39 is 0 Å². The fraction of sp³-hybridized carbons (Fsp3) is 0.526. The Kier molecular flexibility index (Phi) is 3.98. The van der Waals surface area contributed by atoms with Crippen LogP contribution in [0.5, 0.6) is 0 Å². The van der Waals surface area contributed by atoms with Crippen LogP contribution >= 0.6 is 0 Å².